The van der Waals surface area contributed by atoms with Gasteiger partial charge < -0.3 is 24.5 Å². The van der Waals surface area contributed by atoms with E-state index in [1.165, 1.54) is 23.9 Å². The Balaban J connectivity index is 2.18. The fourth-order valence-corrected chi connectivity index (χ4v) is 3.34. The van der Waals surface area contributed by atoms with E-state index in [9.17, 15) is 19.2 Å². The molecule has 0 bridgehead atoms. The topological polar surface area (TPSA) is 117 Å². The van der Waals surface area contributed by atoms with Crippen molar-refractivity contribution in [3.63, 3.8) is 0 Å². The molecule has 0 aliphatic rings. The van der Waals surface area contributed by atoms with E-state index in [1.807, 2.05) is 6.07 Å². The molecule has 2 aromatic heterocycles. The van der Waals surface area contributed by atoms with Gasteiger partial charge in [-0.15, -0.1) is 11.3 Å². The van der Waals surface area contributed by atoms with Gasteiger partial charge >= 0.3 is 11.9 Å². The molecule has 3 aromatic rings. The number of hydrogen-bond acceptors (Lipinski definition) is 8. The van der Waals surface area contributed by atoms with Crippen LogP contribution in [-0.4, -0.2) is 30.7 Å². The monoisotopic (exact) mass is 415 g/mol. The molecule has 1 aromatic carbocycles. The van der Waals surface area contributed by atoms with Gasteiger partial charge in [-0.1, -0.05) is 0 Å². The highest BCUT2D eigenvalue weighted by molar-refractivity contribution is 7.12. The lowest BCUT2D eigenvalue weighted by atomic mass is 10.2. The second kappa shape index (κ2) is 8.04. The van der Waals surface area contributed by atoms with Gasteiger partial charge in [0.25, 0.3) is 0 Å². The standard InChI is InChI=1S/C19H14FN3O5S/c1-26-18(24)16-15(22)10(8-21)9-23(16)12-7-11(20)3-4-13(12)28-14-5-6-29-17(14)19(25)27-2/h3-7,9H,22H2,1-2H3. The van der Waals surface area contributed by atoms with Gasteiger partial charge in [0.05, 0.1) is 31.2 Å². The van der Waals surface area contributed by atoms with Gasteiger partial charge in [-0.3, -0.25) is 0 Å². The van der Waals surface area contributed by atoms with Gasteiger partial charge in [-0.25, -0.2) is 14.0 Å². The summed E-state index contributed by atoms with van der Waals surface area (Å²) in [6.45, 7) is 0. The van der Waals surface area contributed by atoms with Crippen molar-refractivity contribution in [3.8, 4) is 23.3 Å². The molecule has 0 unspecified atom stereocenters. The van der Waals surface area contributed by atoms with Crippen molar-refractivity contribution in [1.29, 1.82) is 5.26 Å². The van der Waals surface area contributed by atoms with Gasteiger partial charge in [0.2, 0.25) is 0 Å². The second-order valence-electron chi connectivity index (χ2n) is 5.60. The molecule has 0 saturated carbocycles. The summed E-state index contributed by atoms with van der Waals surface area (Å²) in [5.41, 5.74) is 5.72. The number of benzene rings is 1. The lowest BCUT2D eigenvalue weighted by Crippen LogP contribution is -2.12. The molecule has 0 radical (unpaired) electrons. The van der Waals surface area contributed by atoms with Gasteiger partial charge in [-0.05, 0) is 23.6 Å². The lowest BCUT2D eigenvalue weighted by molar-refractivity contribution is 0.0588. The number of nitrogen functional groups attached to an aromatic ring is 1. The molecule has 10 heteroatoms. The van der Waals surface area contributed by atoms with Crippen LogP contribution in [0.2, 0.25) is 0 Å². The molecule has 0 aliphatic carbocycles. The largest absolute Gasteiger partial charge is 0.465 e. The highest BCUT2D eigenvalue weighted by Gasteiger charge is 2.25. The van der Waals surface area contributed by atoms with E-state index in [0.717, 1.165) is 30.6 Å². The summed E-state index contributed by atoms with van der Waals surface area (Å²) < 4.78 is 30.5. The molecule has 148 valence electrons. The molecule has 8 nitrogen and oxygen atoms in total. The zero-order chi connectivity index (χ0) is 21.1. The Bertz CT molecular complexity index is 1150. The van der Waals surface area contributed by atoms with E-state index >= 15 is 0 Å². The molecule has 0 fully saturated rings. The lowest BCUT2D eigenvalue weighted by Gasteiger charge is -2.14. The summed E-state index contributed by atoms with van der Waals surface area (Å²) in [4.78, 5) is 24.3. The third-order valence-corrected chi connectivity index (χ3v) is 4.82. The van der Waals surface area contributed by atoms with Crippen LogP contribution in [0.3, 0.4) is 0 Å². The van der Waals surface area contributed by atoms with Crippen LogP contribution in [0.15, 0.2) is 35.8 Å². The highest BCUT2D eigenvalue weighted by atomic mass is 32.1. The predicted octanol–water partition coefficient (Wildman–Crippen LogP) is 3.50. The Morgan fingerprint density at radius 2 is 1.90 bits per heavy atom. The van der Waals surface area contributed by atoms with Crippen molar-refractivity contribution in [1.82, 2.24) is 4.57 Å². The number of halogens is 1. The third kappa shape index (κ3) is 3.63. The Kier molecular flexibility index (Phi) is 5.52. The Morgan fingerprint density at radius 3 is 2.55 bits per heavy atom. The predicted molar refractivity (Wildman–Crippen MR) is 102 cm³/mol. The second-order valence-corrected chi connectivity index (χ2v) is 6.51. The molecular weight excluding hydrogens is 401 g/mol. The van der Waals surface area contributed by atoms with Crippen molar-refractivity contribution in [2.24, 2.45) is 0 Å². The summed E-state index contributed by atoms with van der Waals surface area (Å²) >= 11 is 1.11. The van der Waals surface area contributed by atoms with Crippen LogP contribution in [-0.2, 0) is 9.47 Å². The summed E-state index contributed by atoms with van der Waals surface area (Å²) in [6.07, 6.45) is 1.28. The molecule has 3 rings (SSSR count). The van der Waals surface area contributed by atoms with Crippen molar-refractivity contribution in [2.45, 2.75) is 0 Å². The van der Waals surface area contributed by atoms with Crippen LogP contribution in [0, 0.1) is 17.1 Å². The number of nitrogens with two attached hydrogens (primary N) is 1. The van der Waals surface area contributed by atoms with E-state index in [4.69, 9.17) is 19.9 Å². The fourth-order valence-electron chi connectivity index (χ4n) is 2.61. The number of thiophene rings is 1. The Hall–Kier alpha value is -3.84. The van der Waals surface area contributed by atoms with Crippen LogP contribution in [0.4, 0.5) is 10.1 Å². The van der Waals surface area contributed by atoms with E-state index < -0.39 is 17.8 Å². The zero-order valence-corrected chi connectivity index (χ0v) is 16.1. The van der Waals surface area contributed by atoms with Crippen LogP contribution in [0.5, 0.6) is 11.5 Å². The maximum Gasteiger partial charge on any atom is 0.357 e. The molecule has 0 spiro atoms. The number of ether oxygens (including phenoxy) is 3. The molecule has 0 aliphatic heterocycles. The first-order valence-electron chi connectivity index (χ1n) is 8.04. The normalized spacial score (nSPS) is 10.3. The molecule has 29 heavy (non-hydrogen) atoms. The number of carbonyl (C=O) groups excluding carboxylic acids is 2. The number of nitrogens with zero attached hydrogens (tertiary/aromatic N) is 2. The number of aromatic nitrogens is 1. The first-order valence-corrected chi connectivity index (χ1v) is 8.92. The Morgan fingerprint density at radius 1 is 1.17 bits per heavy atom. The Labute approximate surface area is 168 Å². The average molecular weight is 415 g/mol. The number of nitriles is 1. The maximum absolute atomic E-state index is 14.0. The number of carbonyl (C=O) groups is 2. The fraction of sp³-hybridized carbons (Fsp3) is 0.105. The minimum absolute atomic E-state index is 0.00592. The van der Waals surface area contributed by atoms with Crippen molar-refractivity contribution < 1.29 is 28.2 Å². The van der Waals surface area contributed by atoms with Gasteiger partial charge in [0, 0.05) is 12.3 Å². The molecule has 0 saturated heterocycles. The van der Waals surface area contributed by atoms with E-state index in [-0.39, 0.29) is 39.0 Å². The van der Waals surface area contributed by atoms with Crippen molar-refractivity contribution in [3.05, 3.63) is 57.8 Å². The first kappa shape index (κ1) is 19.9. The first-order chi connectivity index (χ1) is 13.9. The summed E-state index contributed by atoms with van der Waals surface area (Å²) in [7, 11) is 2.39. The van der Waals surface area contributed by atoms with Crippen LogP contribution < -0.4 is 10.5 Å². The van der Waals surface area contributed by atoms with Gasteiger partial charge in [0.15, 0.2) is 22.1 Å². The van der Waals surface area contributed by atoms with Crippen LogP contribution in [0.1, 0.15) is 25.7 Å². The van der Waals surface area contributed by atoms with Crippen molar-refractivity contribution in [2.75, 3.05) is 20.0 Å². The summed E-state index contributed by atoms with van der Waals surface area (Å²) in [5.74, 6) is -1.72. The minimum Gasteiger partial charge on any atom is -0.465 e. The number of hydrogen-bond donors (Lipinski definition) is 1. The zero-order valence-electron chi connectivity index (χ0n) is 15.3. The average Bonchev–Trinajstić information content (AvgIpc) is 3.32. The molecule has 2 N–H and O–H groups in total. The minimum atomic E-state index is -0.815. The molecule has 2 heterocycles. The quantitative estimate of drug-likeness (QED) is 0.634. The number of rotatable bonds is 5. The van der Waals surface area contributed by atoms with E-state index in [0.29, 0.717) is 0 Å². The SMILES string of the molecule is COC(=O)c1sccc1Oc1ccc(F)cc1-n1cc(C#N)c(N)c1C(=O)OC. The summed E-state index contributed by atoms with van der Waals surface area (Å²) in [6, 6.07) is 7.00. The number of esters is 2. The smallest absolute Gasteiger partial charge is 0.357 e. The highest BCUT2D eigenvalue weighted by Crippen LogP contribution is 2.36. The molecule has 0 atom stereocenters. The molecule has 0 amide bonds. The van der Waals surface area contributed by atoms with E-state index in [2.05, 4.69) is 0 Å². The van der Waals surface area contributed by atoms with E-state index in [1.54, 1.807) is 11.4 Å². The molecular formula is C19H14FN3O5S. The van der Waals surface area contributed by atoms with Crippen LogP contribution in [0.25, 0.3) is 5.69 Å². The summed E-state index contributed by atoms with van der Waals surface area (Å²) in [5, 5.41) is 10.9. The number of anilines is 1. The van der Waals surface area contributed by atoms with Gasteiger partial charge in [-0.2, -0.15) is 5.26 Å². The van der Waals surface area contributed by atoms with Crippen molar-refractivity contribution >= 4 is 29.0 Å². The van der Waals surface area contributed by atoms with Crippen LogP contribution >= 0.6 is 11.3 Å². The number of methoxy groups -OCH3 is 2. The third-order valence-electron chi connectivity index (χ3n) is 3.94. The van der Waals surface area contributed by atoms with Gasteiger partial charge in [0.1, 0.15) is 11.9 Å². The maximum atomic E-state index is 14.0.